The topological polar surface area (TPSA) is 58.0 Å². The highest BCUT2D eigenvalue weighted by Crippen LogP contribution is 2.15. The third kappa shape index (κ3) is 4.29. The Morgan fingerprint density at radius 1 is 1.53 bits per heavy atom. The molecule has 1 heterocycles. The van der Waals surface area contributed by atoms with Crippen LogP contribution in [-0.2, 0) is 0 Å². The van der Waals surface area contributed by atoms with Crippen molar-refractivity contribution in [2.24, 2.45) is 5.92 Å². The molecular formula is C10H16IN3O. The summed E-state index contributed by atoms with van der Waals surface area (Å²) in [4.78, 5) is 8.05. The van der Waals surface area contributed by atoms with E-state index in [1.165, 1.54) is 6.33 Å². The predicted octanol–water partition coefficient (Wildman–Crippen LogP) is 1.90. The summed E-state index contributed by atoms with van der Waals surface area (Å²) in [6.45, 7) is 4.39. The maximum absolute atomic E-state index is 9.22. The molecule has 15 heavy (non-hydrogen) atoms. The number of aliphatic hydroxyl groups excluding tert-OH is 1. The van der Waals surface area contributed by atoms with Crippen LogP contribution in [0.2, 0.25) is 0 Å². The van der Waals surface area contributed by atoms with Crippen molar-refractivity contribution in [1.82, 2.24) is 9.97 Å². The van der Waals surface area contributed by atoms with Gasteiger partial charge < -0.3 is 10.4 Å². The summed E-state index contributed by atoms with van der Waals surface area (Å²) >= 11 is 2.17. The highest BCUT2D eigenvalue weighted by Gasteiger charge is 2.11. The van der Waals surface area contributed by atoms with Gasteiger partial charge in [-0.1, -0.05) is 13.8 Å². The van der Waals surface area contributed by atoms with Crippen LogP contribution in [0.5, 0.6) is 0 Å². The van der Waals surface area contributed by atoms with Gasteiger partial charge in [-0.15, -0.1) is 0 Å². The van der Waals surface area contributed by atoms with Gasteiger partial charge in [-0.05, 0) is 34.9 Å². The van der Waals surface area contributed by atoms with Crippen molar-refractivity contribution in [2.45, 2.75) is 26.3 Å². The maximum atomic E-state index is 9.22. The number of rotatable bonds is 5. The van der Waals surface area contributed by atoms with Crippen LogP contribution in [0.1, 0.15) is 20.3 Å². The second kappa shape index (κ2) is 6.22. The van der Waals surface area contributed by atoms with E-state index in [0.29, 0.717) is 5.92 Å². The van der Waals surface area contributed by atoms with Crippen LogP contribution in [0.4, 0.5) is 5.82 Å². The molecule has 0 aliphatic rings. The van der Waals surface area contributed by atoms with Gasteiger partial charge in [0.05, 0.1) is 16.2 Å². The number of halogens is 1. The van der Waals surface area contributed by atoms with Crippen LogP contribution in [0, 0.1) is 9.49 Å². The van der Waals surface area contributed by atoms with E-state index in [9.17, 15) is 5.11 Å². The van der Waals surface area contributed by atoms with E-state index >= 15 is 0 Å². The Bertz CT molecular complexity index is 306. The lowest BCUT2D eigenvalue weighted by Crippen LogP contribution is -2.26. The molecule has 5 heteroatoms. The molecule has 0 saturated heterocycles. The summed E-state index contributed by atoms with van der Waals surface area (Å²) in [6.07, 6.45) is 4.19. The number of aliphatic hydroxyl groups is 1. The summed E-state index contributed by atoms with van der Waals surface area (Å²) in [5.74, 6) is 1.35. The van der Waals surface area contributed by atoms with E-state index in [4.69, 9.17) is 0 Å². The molecule has 0 aromatic carbocycles. The standard InChI is InChI=1S/C10H16IN3O/c1-7(2)3-8(5-15)14-10-9(11)4-12-6-13-10/h4,6-8,15H,3,5H2,1-2H3,(H,12,13,14). The molecule has 0 aliphatic carbocycles. The molecule has 1 aromatic heterocycles. The lowest BCUT2D eigenvalue weighted by Gasteiger charge is -2.19. The minimum atomic E-state index is 0.0633. The molecule has 0 radical (unpaired) electrons. The second-order valence-corrected chi connectivity index (χ2v) is 5.03. The van der Waals surface area contributed by atoms with Crippen molar-refractivity contribution >= 4 is 28.4 Å². The van der Waals surface area contributed by atoms with Crippen molar-refractivity contribution in [3.63, 3.8) is 0 Å². The number of nitrogens with zero attached hydrogens (tertiary/aromatic N) is 2. The second-order valence-electron chi connectivity index (χ2n) is 3.87. The molecular weight excluding hydrogens is 305 g/mol. The maximum Gasteiger partial charge on any atom is 0.143 e. The summed E-state index contributed by atoms with van der Waals surface area (Å²) in [5.41, 5.74) is 0. The van der Waals surface area contributed by atoms with E-state index in [2.05, 4.69) is 51.7 Å². The third-order valence-corrected chi connectivity index (χ3v) is 2.77. The zero-order valence-corrected chi connectivity index (χ0v) is 11.1. The smallest absolute Gasteiger partial charge is 0.143 e. The molecule has 0 amide bonds. The van der Waals surface area contributed by atoms with E-state index in [0.717, 1.165) is 15.8 Å². The lowest BCUT2D eigenvalue weighted by molar-refractivity contribution is 0.259. The van der Waals surface area contributed by atoms with Gasteiger partial charge in [0.2, 0.25) is 0 Å². The normalized spacial score (nSPS) is 12.9. The Morgan fingerprint density at radius 3 is 2.80 bits per heavy atom. The first kappa shape index (κ1) is 12.6. The molecule has 1 rings (SSSR count). The number of hydrogen-bond donors (Lipinski definition) is 2. The van der Waals surface area contributed by atoms with Gasteiger partial charge in [-0.2, -0.15) is 0 Å². The van der Waals surface area contributed by atoms with Gasteiger partial charge in [-0.3, -0.25) is 0 Å². The average molecular weight is 321 g/mol. The van der Waals surface area contributed by atoms with Crippen molar-refractivity contribution in [1.29, 1.82) is 0 Å². The number of anilines is 1. The van der Waals surface area contributed by atoms with Crippen LogP contribution in [0.25, 0.3) is 0 Å². The van der Waals surface area contributed by atoms with E-state index in [1.807, 2.05) is 0 Å². The summed E-state index contributed by atoms with van der Waals surface area (Å²) in [6, 6.07) is 0.0633. The van der Waals surface area contributed by atoms with E-state index in [-0.39, 0.29) is 12.6 Å². The fourth-order valence-corrected chi connectivity index (χ4v) is 1.82. The Balaban J connectivity index is 2.62. The van der Waals surface area contributed by atoms with Gasteiger partial charge in [0, 0.05) is 6.20 Å². The number of aromatic nitrogens is 2. The molecule has 2 N–H and O–H groups in total. The van der Waals surface area contributed by atoms with Gasteiger partial charge in [-0.25, -0.2) is 9.97 Å². The van der Waals surface area contributed by atoms with Crippen LogP contribution >= 0.6 is 22.6 Å². The molecule has 0 fully saturated rings. The summed E-state index contributed by atoms with van der Waals surface area (Å²) in [5, 5.41) is 12.4. The first-order chi connectivity index (χ1) is 7.13. The van der Waals surface area contributed by atoms with Gasteiger partial charge >= 0.3 is 0 Å². The molecule has 84 valence electrons. The Kier molecular flexibility index (Phi) is 5.24. The first-order valence-electron chi connectivity index (χ1n) is 4.96. The van der Waals surface area contributed by atoms with Crippen LogP contribution < -0.4 is 5.32 Å². The average Bonchev–Trinajstić information content (AvgIpc) is 2.19. The zero-order valence-electron chi connectivity index (χ0n) is 8.94. The van der Waals surface area contributed by atoms with Gasteiger partial charge in [0.15, 0.2) is 0 Å². The molecule has 0 bridgehead atoms. The highest BCUT2D eigenvalue weighted by atomic mass is 127. The Hall–Kier alpha value is -0.430. The predicted molar refractivity (Wildman–Crippen MR) is 68.7 cm³/mol. The molecule has 1 atom stereocenters. The largest absolute Gasteiger partial charge is 0.394 e. The SMILES string of the molecule is CC(C)CC(CO)Nc1ncncc1I. The summed E-state index contributed by atoms with van der Waals surface area (Å²) in [7, 11) is 0. The molecule has 0 spiro atoms. The van der Waals surface area contributed by atoms with Crippen molar-refractivity contribution < 1.29 is 5.11 Å². The fraction of sp³-hybridized carbons (Fsp3) is 0.600. The van der Waals surface area contributed by atoms with Crippen LogP contribution in [0.3, 0.4) is 0 Å². The minimum Gasteiger partial charge on any atom is -0.394 e. The molecule has 1 aromatic rings. The van der Waals surface area contributed by atoms with E-state index in [1.54, 1.807) is 6.20 Å². The van der Waals surface area contributed by atoms with Crippen molar-refractivity contribution in [3.05, 3.63) is 16.1 Å². The number of hydrogen-bond acceptors (Lipinski definition) is 4. The highest BCUT2D eigenvalue weighted by molar-refractivity contribution is 14.1. The van der Waals surface area contributed by atoms with Crippen molar-refractivity contribution in [2.75, 3.05) is 11.9 Å². The Labute approximate surface area is 104 Å². The summed E-state index contributed by atoms with van der Waals surface area (Å²) < 4.78 is 0.970. The zero-order chi connectivity index (χ0) is 11.3. The van der Waals surface area contributed by atoms with Crippen LogP contribution in [0.15, 0.2) is 12.5 Å². The quantitative estimate of drug-likeness (QED) is 0.814. The van der Waals surface area contributed by atoms with Gasteiger partial charge in [0.25, 0.3) is 0 Å². The number of nitrogens with one attached hydrogen (secondary N) is 1. The third-order valence-electron chi connectivity index (χ3n) is 1.98. The fourth-order valence-electron chi connectivity index (χ4n) is 1.36. The molecule has 0 saturated carbocycles. The van der Waals surface area contributed by atoms with Gasteiger partial charge in [0.1, 0.15) is 12.1 Å². The Morgan fingerprint density at radius 2 is 2.27 bits per heavy atom. The van der Waals surface area contributed by atoms with Crippen LogP contribution in [-0.4, -0.2) is 27.7 Å². The first-order valence-corrected chi connectivity index (χ1v) is 6.04. The monoisotopic (exact) mass is 321 g/mol. The van der Waals surface area contributed by atoms with E-state index < -0.39 is 0 Å². The van der Waals surface area contributed by atoms with Crippen molar-refractivity contribution in [3.8, 4) is 0 Å². The molecule has 4 nitrogen and oxygen atoms in total. The minimum absolute atomic E-state index is 0.0633. The lowest BCUT2D eigenvalue weighted by atomic mass is 10.0. The molecule has 1 unspecified atom stereocenters. The molecule has 0 aliphatic heterocycles.